The normalized spacial score (nSPS) is 14.1. The van der Waals surface area contributed by atoms with Gasteiger partial charge in [-0.1, -0.05) is 37.2 Å². The van der Waals surface area contributed by atoms with Crippen LogP contribution < -0.4 is 10.1 Å². The fraction of sp³-hybridized carbons (Fsp3) is 0.452. The minimum Gasteiger partial charge on any atom is -0.490 e. The maximum absolute atomic E-state index is 11.1. The van der Waals surface area contributed by atoms with Crippen LogP contribution in [-0.4, -0.2) is 58.4 Å². The van der Waals surface area contributed by atoms with E-state index in [1.165, 1.54) is 17.5 Å². The number of likely N-dealkylation sites (tertiary alicyclic amines) is 1. The number of piperidine rings is 1. The topological polar surface area (TPSA) is 142 Å². The van der Waals surface area contributed by atoms with Gasteiger partial charge in [-0.25, -0.2) is 4.79 Å². The van der Waals surface area contributed by atoms with Crippen LogP contribution in [0.3, 0.4) is 0 Å². The summed E-state index contributed by atoms with van der Waals surface area (Å²) in [6.45, 7) is 8.93. The highest BCUT2D eigenvalue weighted by atomic mass is 16.5. The fourth-order valence-electron chi connectivity index (χ4n) is 4.87. The Bertz CT molecular complexity index is 1370. The first kappa shape index (κ1) is 31.1. The van der Waals surface area contributed by atoms with Crippen LogP contribution in [0.25, 0.3) is 22.8 Å². The highest BCUT2D eigenvalue weighted by molar-refractivity contribution is 5.75. The van der Waals surface area contributed by atoms with Gasteiger partial charge in [-0.05, 0) is 75.3 Å². The molecule has 10 nitrogen and oxygen atoms in total. The Balaban J connectivity index is 0.000000261. The van der Waals surface area contributed by atoms with Crippen molar-refractivity contribution in [3.8, 4) is 34.7 Å². The molecular weight excluding hydrogens is 522 g/mol. The Labute approximate surface area is 241 Å². The summed E-state index contributed by atoms with van der Waals surface area (Å²) in [5.41, 5.74) is 4.89. The molecule has 5 rings (SSSR count). The second kappa shape index (κ2) is 14.8. The number of benzene rings is 2. The van der Waals surface area contributed by atoms with Crippen LogP contribution in [0.1, 0.15) is 63.6 Å². The molecule has 1 saturated heterocycles. The van der Waals surface area contributed by atoms with E-state index < -0.39 is 5.97 Å². The van der Waals surface area contributed by atoms with Gasteiger partial charge in [0.15, 0.2) is 0 Å². The number of hydrogen-bond donors (Lipinski definition) is 2. The summed E-state index contributed by atoms with van der Waals surface area (Å²) < 4.78 is 11.1. The average molecular weight is 562 g/mol. The number of nitrogens with zero attached hydrogens (tertiary/aromatic N) is 4. The number of aryl methyl sites for hydroxylation is 1. The summed E-state index contributed by atoms with van der Waals surface area (Å²) in [6, 6.07) is 13.6. The average Bonchev–Trinajstić information content (AvgIpc) is 3.68. The number of carboxylic acid groups (broad SMARTS) is 1. The summed E-state index contributed by atoms with van der Waals surface area (Å²) in [5.74, 6) is 0.535. The van der Waals surface area contributed by atoms with Gasteiger partial charge in [0.25, 0.3) is 5.89 Å². The fourth-order valence-corrected chi connectivity index (χ4v) is 4.87. The van der Waals surface area contributed by atoms with Crippen LogP contribution in [0.2, 0.25) is 0 Å². The lowest BCUT2D eigenvalue weighted by molar-refractivity contribution is -0.143. The molecule has 1 aliphatic heterocycles. The molecule has 0 spiro atoms. The minimum atomic E-state index is -0.753. The lowest BCUT2D eigenvalue weighted by Crippen LogP contribution is -2.44. The lowest BCUT2D eigenvalue weighted by atomic mass is 9.97. The Hall–Kier alpha value is -4.39. The van der Waals surface area contributed by atoms with Crippen LogP contribution in [0, 0.1) is 17.2 Å². The molecule has 2 amide bonds. The van der Waals surface area contributed by atoms with Crippen molar-refractivity contribution in [3.63, 3.8) is 0 Å². The van der Waals surface area contributed by atoms with Crippen molar-refractivity contribution in [2.45, 2.75) is 65.9 Å². The molecular formula is C31H39N5O5. The molecule has 218 valence electrons. The van der Waals surface area contributed by atoms with Gasteiger partial charge in [0.1, 0.15) is 11.8 Å². The van der Waals surface area contributed by atoms with E-state index in [1.54, 1.807) is 24.1 Å². The standard InChI is InChI=1S/C21H19N3O2.C8H14N2O3.C2H6/c1-13(2)25-19-10-9-15(11-16(19)12-22)21-23-20(24-26-21)18-8-4-6-14-5-3-7-17(14)18;1-9-8(13)10-4-2-6(3-5-10)7(11)12;1-2/h4,6,8-11,13H,3,5,7H2,1-2H3;6H,2-5H2,1H3,(H,9,13)(H,11,12);1-2H3. The summed E-state index contributed by atoms with van der Waals surface area (Å²) in [6.07, 6.45) is 4.44. The molecule has 0 radical (unpaired) electrons. The number of hydrogen-bond acceptors (Lipinski definition) is 7. The van der Waals surface area contributed by atoms with Gasteiger partial charge < -0.3 is 24.6 Å². The Kier molecular flexibility index (Phi) is 11.3. The first-order valence-corrected chi connectivity index (χ1v) is 14.2. The van der Waals surface area contributed by atoms with Crippen molar-refractivity contribution in [2.24, 2.45) is 5.92 Å². The van der Waals surface area contributed by atoms with E-state index in [4.69, 9.17) is 14.4 Å². The van der Waals surface area contributed by atoms with E-state index >= 15 is 0 Å². The number of amides is 2. The number of nitriles is 1. The highest BCUT2D eigenvalue weighted by Gasteiger charge is 2.26. The van der Waals surface area contributed by atoms with Gasteiger partial charge in [-0.2, -0.15) is 10.2 Å². The number of aromatic nitrogens is 2. The summed E-state index contributed by atoms with van der Waals surface area (Å²) in [5, 5.41) is 24.8. The van der Waals surface area contributed by atoms with E-state index in [1.807, 2.05) is 45.9 Å². The summed E-state index contributed by atoms with van der Waals surface area (Å²) >= 11 is 0. The van der Waals surface area contributed by atoms with Crippen LogP contribution in [0.15, 0.2) is 40.9 Å². The van der Waals surface area contributed by atoms with E-state index in [9.17, 15) is 14.9 Å². The second-order valence-corrected chi connectivity index (χ2v) is 9.86. The van der Waals surface area contributed by atoms with Crippen LogP contribution in [0.4, 0.5) is 4.79 Å². The zero-order chi connectivity index (χ0) is 29.9. The van der Waals surface area contributed by atoms with Gasteiger partial charge in [-0.3, -0.25) is 4.79 Å². The molecule has 1 fully saturated rings. The van der Waals surface area contributed by atoms with Gasteiger partial charge in [0, 0.05) is 31.3 Å². The molecule has 2 aromatic carbocycles. The Morgan fingerprint density at radius 3 is 2.54 bits per heavy atom. The van der Waals surface area contributed by atoms with Gasteiger partial charge in [0.2, 0.25) is 5.82 Å². The molecule has 0 unspecified atom stereocenters. The van der Waals surface area contributed by atoms with Crippen molar-refractivity contribution < 1.29 is 24.0 Å². The minimum absolute atomic E-state index is 0.00290. The highest BCUT2D eigenvalue weighted by Crippen LogP contribution is 2.33. The largest absolute Gasteiger partial charge is 0.490 e. The smallest absolute Gasteiger partial charge is 0.317 e. The lowest BCUT2D eigenvalue weighted by Gasteiger charge is -2.29. The molecule has 0 bridgehead atoms. The van der Waals surface area contributed by atoms with E-state index in [0.29, 0.717) is 54.5 Å². The number of carbonyl (C=O) groups excluding carboxylic acids is 1. The van der Waals surface area contributed by atoms with Crippen molar-refractivity contribution in [3.05, 3.63) is 53.1 Å². The Morgan fingerprint density at radius 2 is 1.90 bits per heavy atom. The maximum atomic E-state index is 11.1. The van der Waals surface area contributed by atoms with E-state index in [-0.39, 0.29) is 18.1 Å². The first-order chi connectivity index (χ1) is 19.8. The molecule has 2 heterocycles. The maximum Gasteiger partial charge on any atom is 0.317 e. The molecule has 3 aromatic rings. The molecule has 1 aromatic heterocycles. The quantitative estimate of drug-likeness (QED) is 0.404. The number of rotatable bonds is 5. The van der Waals surface area contributed by atoms with Gasteiger partial charge in [-0.15, -0.1) is 0 Å². The zero-order valence-electron chi connectivity index (χ0n) is 24.4. The number of nitrogens with one attached hydrogen (secondary N) is 1. The van der Waals surface area contributed by atoms with Crippen LogP contribution in [0.5, 0.6) is 5.75 Å². The van der Waals surface area contributed by atoms with E-state index in [0.717, 1.165) is 18.4 Å². The number of aliphatic carboxylic acids is 1. The van der Waals surface area contributed by atoms with E-state index in [2.05, 4.69) is 27.6 Å². The first-order valence-electron chi connectivity index (χ1n) is 14.2. The molecule has 1 aliphatic carbocycles. The van der Waals surface area contributed by atoms with Crippen LogP contribution in [-0.2, 0) is 17.6 Å². The van der Waals surface area contributed by atoms with Crippen molar-refractivity contribution in [1.82, 2.24) is 20.4 Å². The molecule has 2 aliphatic rings. The molecule has 0 atom stereocenters. The predicted octanol–water partition coefficient (Wildman–Crippen LogP) is 5.70. The SMILES string of the molecule is CC.CC(C)Oc1ccc(-c2nc(-c3cccc4c3CCC4)no2)cc1C#N.CNC(=O)N1CCC(C(=O)O)CC1. The number of carboxylic acids is 1. The summed E-state index contributed by atoms with van der Waals surface area (Å²) in [7, 11) is 1.58. The van der Waals surface area contributed by atoms with Gasteiger partial charge in [0.05, 0.1) is 17.6 Å². The van der Waals surface area contributed by atoms with Gasteiger partial charge >= 0.3 is 12.0 Å². The monoisotopic (exact) mass is 561 g/mol. The number of urea groups is 1. The third-order valence-corrected chi connectivity index (χ3v) is 6.87. The molecule has 2 N–H and O–H groups in total. The third kappa shape index (κ3) is 7.84. The molecule has 41 heavy (non-hydrogen) atoms. The van der Waals surface area contributed by atoms with Crippen molar-refractivity contribution >= 4 is 12.0 Å². The van der Waals surface area contributed by atoms with Crippen molar-refractivity contribution in [2.75, 3.05) is 20.1 Å². The summed E-state index contributed by atoms with van der Waals surface area (Å²) in [4.78, 5) is 27.9. The second-order valence-electron chi connectivity index (χ2n) is 9.86. The number of ether oxygens (including phenoxy) is 1. The molecule has 10 heteroatoms. The third-order valence-electron chi connectivity index (χ3n) is 6.87. The molecule has 0 saturated carbocycles. The number of fused-ring (bicyclic) bond motifs is 1. The predicted molar refractivity (Wildman–Crippen MR) is 155 cm³/mol. The van der Waals surface area contributed by atoms with Crippen molar-refractivity contribution in [1.29, 1.82) is 5.26 Å². The van der Waals surface area contributed by atoms with Crippen LogP contribution >= 0.6 is 0 Å². The Morgan fingerprint density at radius 1 is 1.17 bits per heavy atom. The number of carbonyl (C=O) groups is 2. The zero-order valence-corrected chi connectivity index (χ0v) is 24.4.